The molecule has 0 amide bonds. The number of phenolic OH excluding ortho intramolecular Hbond substituents is 1. The van der Waals surface area contributed by atoms with Crippen LogP contribution in [0.4, 0.5) is 0 Å². The van der Waals surface area contributed by atoms with E-state index in [-0.39, 0.29) is 0 Å². The maximum atomic E-state index is 9.83. The van der Waals surface area contributed by atoms with Crippen LogP contribution in [0.25, 0.3) is 21.7 Å². The summed E-state index contributed by atoms with van der Waals surface area (Å²) in [5, 5.41) is 13.6. The van der Waals surface area contributed by atoms with Crippen LogP contribution in [0.5, 0.6) is 5.75 Å². The Morgan fingerprint density at radius 1 is 0.926 bits per heavy atom. The molecule has 3 heteroatoms. The van der Waals surface area contributed by atoms with E-state index in [2.05, 4.69) is 58.5 Å². The molecule has 0 radical (unpaired) electrons. The second-order valence-electron chi connectivity index (χ2n) is 7.71. The Morgan fingerprint density at radius 3 is 2.59 bits per heavy atom. The molecule has 1 aliphatic heterocycles. The first-order valence-electron chi connectivity index (χ1n) is 9.76. The fraction of sp³-hybridized carbons (Fsp3) is 0.250. The third kappa shape index (κ3) is 3.19. The quantitative estimate of drug-likeness (QED) is 0.515. The number of rotatable bonds is 3. The van der Waals surface area contributed by atoms with Crippen LogP contribution in [0, 0.1) is 0 Å². The van der Waals surface area contributed by atoms with Crippen LogP contribution in [0.2, 0.25) is 0 Å². The summed E-state index contributed by atoms with van der Waals surface area (Å²) in [5.41, 5.74) is 3.86. The Labute approximate surface area is 159 Å². The van der Waals surface area contributed by atoms with Gasteiger partial charge in [0, 0.05) is 23.6 Å². The largest absolute Gasteiger partial charge is 0.508 e. The van der Waals surface area contributed by atoms with Crippen molar-refractivity contribution in [1.29, 1.82) is 0 Å². The zero-order chi connectivity index (χ0) is 18.2. The highest BCUT2D eigenvalue weighted by molar-refractivity contribution is 5.85. The zero-order valence-electron chi connectivity index (χ0n) is 15.4. The summed E-state index contributed by atoms with van der Waals surface area (Å²) in [4.78, 5) is 5.92. The highest BCUT2D eigenvalue weighted by Gasteiger charge is 2.23. The van der Waals surface area contributed by atoms with Gasteiger partial charge in [0.2, 0.25) is 0 Å². The SMILES string of the molecule is Oc1ccc2[nH]cc(C3CCN(Cc4ccc5ccccc5c4)CC3)c2c1. The number of piperidine rings is 1. The summed E-state index contributed by atoms with van der Waals surface area (Å²) in [6.45, 7) is 3.25. The van der Waals surface area contributed by atoms with Gasteiger partial charge in [-0.2, -0.15) is 0 Å². The van der Waals surface area contributed by atoms with Crippen LogP contribution in [0.15, 0.2) is 66.9 Å². The minimum Gasteiger partial charge on any atom is -0.508 e. The number of phenols is 1. The summed E-state index contributed by atoms with van der Waals surface area (Å²) in [6.07, 6.45) is 4.46. The molecule has 2 N–H and O–H groups in total. The van der Waals surface area contributed by atoms with E-state index in [4.69, 9.17) is 0 Å². The lowest BCUT2D eigenvalue weighted by Crippen LogP contribution is -2.32. The molecule has 0 spiro atoms. The number of H-pyrrole nitrogens is 1. The number of benzene rings is 3. The number of aromatic hydroxyl groups is 1. The van der Waals surface area contributed by atoms with Gasteiger partial charge in [-0.15, -0.1) is 0 Å². The Kier molecular flexibility index (Phi) is 4.10. The summed E-state index contributed by atoms with van der Waals surface area (Å²) in [5.74, 6) is 0.908. The van der Waals surface area contributed by atoms with Crippen LogP contribution in [-0.4, -0.2) is 28.1 Å². The van der Waals surface area contributed by atoms with Gasteiger partial charge in [0.25, 0.3) is 0 Å². The molecule has 0 saturated carbocycles. The molecular weight excluding hydrogens is 332 g/mol. The first-order valence-corrected chi connectivity index (χ1v) is 9.76. The molecule has 0 bridgehead atoms. The minimum atomic E-state index is 0.345. The van der Waals surface area contributed by atoms with E-state index < -0.39 is 0 Å². The molecule has 0 aliphatic carbocycles. The fourth-order valence-corrected chi connectivity index (χ4v) is 4.47. The molecule has 1 fully saturated rings. The normalized spacial score (nSPS) is 16.3. The van der Waals surface area contributed by atoms with Gasteiger partial charge in [-0.1, -0.05) is 36.4 Å². The van der Waals surface area contributed by atoms with Crippen molar-refractivity contribution in [3.8, 4) is 5.75 Å². The van der Waals surface area contributed by atoms with E-state index in [1.54, 1.807) is 6.07 Å². The van der Waals surface area contributed by atoms with Crippen LogP contribution >= 0.6 is 0 Å². The Balaban J connectivity index is 1.28. The second kappa shape index (κ2) is 6.75. The highest BCUT2D eigenvalue weighted by atomic mass is 16.3. The van der Waals surface area contributed by atoms with Gasteiger partial charge in [-0.3, -0.25) is 4.90 Å². The lowest BCUT2D eigenvalue weighted by molar-refractivity contribution is 0.205. The third-order valence-electron chi connectivity index (χ3n) is 5.94. The molecule has 5 rings (SSSR count). The van der Waals surface area contributed by atoms with Crippen molar-refractivity contribution < 1.29 is 5.11 Å². The van der Waals surface area contributed by atoms with Crippen molar-refractivity contribution in [2.24, 2.45) is 0 Å². The van der Waals surface area contributed by atoms with Crippen molar-refractivity contribution in [1.82, 2.24) is 9.88 Å². The number of nitrogens with zero attached hydrogens (tertiary/aromatic N) is 1. The van der Waals surface area contributed by atoms with Crippen molar-refractivity contribution in [2.75, 3.05) is 13.1 Å². The molecule has 1 saturated heterocycles. The molecule has 2 heterocycles. The van der Waals surface area contributed by atoms with Gasteiger partial charge in [0.05, 0.1) is 0 Å². The molecular formula is C24H24N2O. The topological polar surface area (TPSA) is 39.3 Å². The number of likely N-dealkylation sites (tertiary alicyclic amines) is 1. The Hall–Kier alpha value is -2.78. The average molecular weight is 356 g/mol. The first kappa shape index (κ1) is 16.4. The van der Waals surface area contributed by atoms with Crippen molar-refractivity contribution in [3.05, 3.63) is 78.0 Å². The van der Waals surface area contributed by atoms with E-state index in [1.807, 2.05) is 12.1 Å². The van der Waals surface area contributed by atoms with Crippen LogP contribution in [-0.2, 0) is 6.54 Å². The molecule has 3 aromatic carbocycles. The fourth-order valence-electron chi connectivity index (χ4n) is 4.47. The van der Waals surface area contributed by atoms with Crippen molar-refractivity contribution in [3.63, 3.8) is 0 Å². The van der Waals surface area contributed by atoms with Gasteiger partial charge >= 0.3 is 0 Å². The molecule has 0 unspecified atom stereocenters. The molecule has 136 valence electrons. The van der Waals surface area contributed by atoms with Crippen molar-refractivity contribution in [2.45, 2.75) is 25.3 Å². The lowest BCUT2D eigenvalue weighted by Gasteiger charge is -2.32. The second-order valence-corrected chi connectivity index (χ2v) is 7.71. The number of hydrogen-bond acceptors (Lipinski definition) is 2. The summed E-state index contributed by atoms with van der Waals surface area (Å²) in [6, 6.07) is 21.0. The van der Waals surface area contributed by atoms with E-state index in [1.165, 1.54) is 27.3 Å². The predicted octanol–water partition coefficient (Wildman–Crippen LogP) is 5.41. The number of aromatic nitrogens is 1. The van der Waals surface area contributed by atoms with E-state index in [0.717, 1.165) is 38.0 Å². The van der Waals surface area contributed by atoms with Crippen LogP contribution < -0.4 is 0 Å². The molecule has 1 aromatic heterocycles. The van der Waals surface area contributed by atoms with Gasteiger partial charge in [0.1, 0.15) is 5.75 Å². The standard InChI is InChI=1S/C24H24N2O/c27-21-7-8-24-22(14-21)23(15-25-24)19-9-11-26(12-10-19)16-17-5-6-18-3-1-2-4-20(18)13-17/h1-8,13-15,19,25,27H,9-12,16H2. The third-order valence-corrected chi connectivity index (χ3v) is 5.94. The molecule has 0 atom stereocenters. The van der Waals surface area contributed by atoms with Crippen LogP contribution in [0.3, 0.4) is 0 Å². The number of fused-ring (bicyclic) bond motifs is 2. The molecule has 4 aromatic rings. The molecule has 3 nitrogen and oxygen atoms in total. The van der Waals surface area contributed by atoms with Gasteiger partial charge < -0.3 is 10.1 Å². The summed E-state index contributed by atoms with van der Waals surface area (Å²) < 4.78 is 0. The molecule has 1 aliphatic rings. The van der Waals surface area contributed by atoms with Gasteiger partial charge in [0.15, 0.2) is 0 Å². The first-order chi connectivity index (χ1) is 13.3. The predicted molar refractivity (Wildman–Crippen MR) is 111 cm³/mol. The Bertz CT molecular complexity index is 1090. The maximum Gasteiger partial charge on any atom is 0.116 e. The zero-order valence-corrected chi connectivity index (χ0v) is 15.4. The van der Waals surface area contributed by atoms with E-state index in [0.29, 0.717) is 11.7 Å². The smallest absolute Gasteiger partial charge is 0.116 e. The van der Waals surface area contributed by atoms with Gasteiger partial charge in [-0.05, 0) is 78.0 Å². The monoisotopic (exact) mass is 356 g/mol. The highest BCUT2D eigenvalue weighted by Crippen LogP contribution is 2.34. The van der Waals surface area contributed by atoms with Gasteiger partial charge in [-0.25, -0.2) is 0 Å². The van der Waals surface area contributed by atoms with E-state index in [9.17, 15) is 5.11 Å². The van der Waals surface area contributed by atoms with E-state index >= 15 is 0 Å². The minimum absolute atomic E-state index is 0.345. The maximum absolute atomic E-state index is 9.83. The lowest BCUT2D eigenvalue weighted by atomic mass is 9.89. The number of nitrogens with one attached hydrogen (secondary N) is 1. The average Bonchev–Trinajstić information content (AvgIpc) is 3.11. The van der Waals surface area contributed by atoms with Crippen molar-refractivity contribution >= 4 is 21.7 Å². The Morgan fingerprint density at radius 2 is 1.74 bits per heavy atom. The number of hydrogen-bond donors (Lipinski definition) is 2. The summed E-state index contributed by atoms with van der Waals surface area (Å²) in [7, 11) is 0. The number of aromatic amines is 1. The summed E-state index contributed by atoms with van der Waals surface area (Å²) >= 11 is 0. The van der Waals surface area contributed by atoms with Crippen LogP contribution in [0.1, 0.15) is 29.9 Å². The molecule has 27 heavy (non-hydrogen) atoms.